The molecule has 8 heavy (non-hydrogen) atoms. The zero-order chi connectivity index (χ0) is 6.15. The van der Waals surface area contributed by atoms with Crippen molar-refractivity contribution in [3.05, 3.63) is 7.05 Å². The van der Waals surface area contributed by atoms with Gasteiger partial charge in [0.05, 0.1) is 0 Å². The minimum atomic E-state index is 0.0764. The van der Waals surface area contributed by atoms with Crippen LogP contribution in [0.25, 0.3) is 0 Å². The molecule has 1 aliphatic rings. The first kappa shape index (κ1) is 5.60. The molecule has 1 amide bonds. The Balaban J connectivity index is 2.32. The van der Waals surface area contributed by atoms with E-state index in [1.54, 1.807) is 11.8 Å². The van der Waals surface area contributed by atoms with Gasteiger partial charge in [-0.05, 0) is 12.8 Å². The fourth-order valence-electron chi connectivity index (χ4n) is 0.643. The Morgan fingerprint density at radius 1 is 1.75 bits per heavy atom. The molecule has 0 N–H and O–H groups in total. The summed E-state index contributed by atoms with van der Waals surface area (Å²) in [7, 11) is 3.58. The first-order valence-electron chi connectivity index (χ1n) is 2.82. The third-order valence-electron chi connectivity index (χ3n) is 1.39. The summed E-state index contributed by atoms with van der Waals surface area (Å²) in [6, 6.07) is 0.465. The quantitative estimate of drug-likeness (QED) is 0.491. The third kappa shape index (κ3) is 0.997. The van der Waals surface area contributed by atoms with E-state index in [0.717, 1.165) is 12.8 Å². The largest absolute Gasteiger partial charge is 0.338 e. The maximum atomic E-state index is 10.5. The van der Waals surface area contributed by atoms with Crippen molar-refractivity contribution in [1.82, 2.24) is 4.90 Å². The van der Waals surface area contributed by atoms with E-state index in [-0.39, 0.29) is 5.91 Å². The first-order valence-corrected chi connectivity index (χ1v) is 2.82. The molecule has 0 unspecified atom stereocenters. The van der Waals surface area contributed by atoms with Crippen LogP contribution in [0.3, 0.4) is 0 Å². The predicted octanol–water partition coefficient (Wildman–Crippen LogP) is 0.789. The average molecular weight is 112 g/mol. The highest BCUT2D eigenvalue weighted by atomic mass is 16.2. The van der Waals surface area contributed by atoms with Gasteiger partial charge in [0.1, 0.15) is 0 Å². The molecule has 2 nitrogen and oxygen atoms in total. The molecule has 0 aliphatic heterocycles. The van der Waals surface area contributed by atoms with E-state index in [1.165, 1.54) is 0 Å². The van der Waals surface area contributed by atoms with Crippen molar-refractivity contribution in [3.8, 4) is 0 Å². The SMILES string of the molecule is [CH2]N(C(C)=O)C1CC1. The lowest BCUT2D eigenvalue weighted by molar-refractivity contribution is -0.126. The van der Waals surface area contributed by atoms with Crippen molar-refractivity contribution in [2.75, 3.05) is 0 Å². The fraction of sp³-hybridized carbons (Fsp3) is 0.667. The van der Waals surface area contributed by atoms with Crippen LogP contribution in [0.15, 0.2) is 0 Å². The van der Waals surface area contributed by atoms with E-state index in [9.17, 15) is 4.79 Å². The van der Waals surface area contributed by atoms with E-state index in [2.05, 4.69) is 7.05 Å². The van der Waals surface area contributed by atoms with Gasteiger partial charge in [-0.25, -0.2) is 0 Å². The predicted molar refractivity (Wildman–Crippen MR) is 30.9 cm³/mol. The van der Waals surface area contributed by atoms with Gasteiger partial charge in [0.25, 0.3) is 0 Å². The fourth-order valence-corrected chi connectivity index (χ4v) is 0.643. The number of amides is 1. The summed E-state index contributed by atoms with van der Waals surface area (Å²) in [4.78, 5) is 12.0. The van der Waals surface area contributed by atoms with Crippen LogP contribution in [0, 0.1) is 7.05 Å². The van der Waals surface area contributed by atoms with Gasteiger partial charge in [0.2, 0.25) is 5.91 Å². The van der Waals surface area contributed by atoms with Crippen molar-refractivity contribution >= 4 is 5.91 Å². The molecule has 1 rings (SSSR count). The first-order chi connectivity index (χ1) is 3.72. The van der Waals surface area contributed by atoms with Crippen molar-refractivity contribution < 1.29 is 4.79 Å². The summed E-state index contributed by atoms with van der Waals surface area (Å²) in [5, 5.41) is 0. The van der Waals surface area contributed by atoms with Crippen LogP contribution in [0.5, 0.6) is 0 Å². The molecule has 45 valence electrons. The maximum absolute atomic E-state index is 10.5. The monoisotopic (exact) mass is 112 g/mol. The highest BCUT2D eigenvalue weighted by molar-refractivity contribution is 5.74. The van der Waals surface area contributed by atoms with Crippen LogP contribution in [-0.4, -0.2) is 16.8 Å². The van der Waals surface area contributed by atoms with Gasteiger partial charge in [0.15, 0.2) is 0 Å². The second-order valence-corrected chi connectivity index (χ2v) is 2.22. The van der Waals surface area contributed by atoms with Crippen molar-refractivity contribution in [1.29, 1.82) is 0 Å². The van der Waals surface area contributed by atoms with Crippen molar-refractivity contribution in [3.63, 3.8) is 0 Å². The molecule has 0 atom stereocenters. The Hall–Kier alpha value is -0.530. The normalized spacial score (nSPS) is 18.2. The van der Waals surface area contributed by atoms with E-state index < -0.39 is 0 Å². The Bertz CT molecular complexity index is 107. The number of carbonyl (C=O) groups is 1. The molecule has 0 aromatic heterocycles. The van der Waals surface area contributed by atoms with Crippen LogP contribution in [0.2, 0.25) is 0 Å². The number of rotatable bonds is 1. The summed E-state index contributed by atoms with van der Waals surface area (Å²) < 4.78 is 0. The molecule has 2 heteroatoms. The number of carbonyl (C=O) groups excluding carboxylic acids is 1. The Morgan fingerprint density at radius 2 is 2.25 bits per heavy atom. The summed E-state index contributed by atoms with van der Waals surface area (Å²) in [6.45, 7) is 1.55. The molecule has 0 aromatic carbocycles. The maximum Gasteiger partial charge on any atom is 0.219 e. The minimum Gasteiger partial charge on any atom is -0.338 e. The van der Waals surface area contributed by atoms with E-state index in [0.29, 0.717) is 6.04 Å². The second kappa shape index (κ2) is 1.77. The van der Waals surface area contributed by atoms with E-state index in [1.807, 2.05) is 0 Å². The smallest absolute Gasteiger partial charge is 0.219 e. The topological polar surface area (TPSA) is 20.3 Å². The molecule has 0 heterocycles. The standard InChI is InChI=1S/C6H10NO/c1-5(8)7(2)6-3-4-6/h6H,2-4H2,1H3. The highest BCUT2D eigenvalue weighted by Crippen LogP contribution is 2.25. The van der Waals surface area contributed by atoms with Gasteiger partial charge in [-0.3, -0.25) is 4.79 Å². The summed E-state index contributed by atoms with van der Waals surface area (Å²) in [6.07, 6.45) is 2.28. The lowest BCUT2D eigenvalue weighted by Gasteiger charge is -2.11. The molecule has 0 spiro atoms. The third-order valence-corrected chi connectivity index (χ3v) is 1.39. The molecule has 1 saturated carbocycles. The van der Waals surface area contributed by atoms with Gasteiger partial charge in [-0.15, -0.1) is 0 Å². The number of hydrogen-bond donors (Lipinski definition) is 0. The van der Waals surface area contributed by atoms with E-state index >= 15 is 0 Å². The van der Waals surface area contributed by atoms with Crippen molar-refractivity contribution in [2.45, 2.75) is 25.8 Å². The second-order valence-electron chi connectivity index (χ2n) is 2.22. The molecule has 1 radical (unpaired) electrons. The average Bonchev–Trinajstić information content (AvgIpc) is 2.43. The number of hydrogen-bond acceptors (Lipinski definition) is 1. The van der Waals surface area contributed by atoms with Gasteiger partial charge < -0.3 is 4.90 Å². The zero-order valence-corrected chi connectivity index (χ0v) is 5.05. The van der Waals surface area contributed by atoms with Crippen LogP contribution in [0.1, 0.15) is 19.8 Å². The molecule has 0 aromatic rings. The van der Waals surface area contributed by atoms with E-state index in [4.69, 9.17) is 0 Å². The Morgan fingerprint density at radius 3 is 2.38 bits per heavy atom. The summed E-state index contributed by atoms with van der Waals surface area (Å²) >= 11 is 0. The zero-order valence-electron chi connectivity index (χ0n) is 5.05. The van der Waals surface area contributed by atoms with Crippen molar-refractivity contribution in [2.24, 2.45) is 0 Å². The molecule has 1 aliphatic carbocycles. The lowest BCUT2D eigenvalue weighted by atomic mass is 10.5. The Labute approximate surface area is 49.5 Å². The summed E-state index contributed by atoms with van der Waals surface area (Å²) in [5.74, 6) is 0.0764. The van der Waals surface area contributed by atoms with Gasteiger partial charge in [-0.1, -0.05) is 0 Å². The van der Waals surface area contributed by atoms with Crippen LogP contribution in [0.4, 0.5) is 0 Å². The minimum absolute atomic E-state index is 0.0764. The van der Waals surface area contributed by atoms with Gasteiger partial charge in [-0.2, -0.15) is 0 Å². The van der Waals surface area contributed by atoms with Crippen LogP contribution >= 0.6 is 0 Å². The molecule has 0 bridgehead atoms. The number of nitrogens with zero attached hydrogens (tertiary/aromatic N) is 1. The molecule has 0 saturated heterocycles. The molecular weight excluding hydrogens is 102 g/mol. The highest BCUT2D eigenvalue weighted by Gasteiger charge is 2.27. The lowest BCUT2D eigenvalue weighted by Crippen LogP contribution is -2.23. The Kier molecular flexibility index (Phi) is 1.24. The summed E-state index contributed by atoms with van der Waals surface area (Å²) in [5.41, 5.74) is 0. The molecule has 1 fully saturated rings. The van der Waals surface area contributed by atoms with Crippen LogP contribution < -0.4 is 0 Å². The molecular formula is C6H10NO. The van der Waals surface area contributed by atoms with Gasteiger partial charge >= 0.3 is 0 Å². The van der Waals surface area contributed by atoms with Crippen LogP contribution in [-0.2, 0) is 4.79 Å². The van der Waals surface area contributed by atoms with Gasteiger partial charge in [0, 0.05) is 20.0 Å².